The lowest BCUT2D eigenvalue weighted by molar-refractivity contribution is 0.00852. The van der Waals surface area contributed by atoms with Crippen LogP contribution in [0.15, 0.2) is 30.3 Å². The molecule has 3 N–H and O–H groups in total. The lowest BCUT2D eigenvalue weighted by atomic mass is 9.93. The number of hydrazine groups is 1. The lowest BCUT2D eigenvalue weighted by Crippen LogP contribution is -2.40. The van der Waals surface area contributed by atoms with Crippen molar-refractivity contribution in [2.75, 3.05) is 0 Å². The van der Waals surface area contributed by atoms with Gasteiger partial charge in [-0.2, -0.15) is 0 Å². The third kappa shape index (κ3) is 3.30. The van der Waals surface area contributed by atoms with E-state index >= 15 is 0 Å². The van der Waals surface area contributed by atoms with Crippen molar-refractivity contribution in [3.63, 3.8) is 0 Å². The molecule has 1 saturated carbocycles. The van der Waals surface area contributed by atoms with Crippen molar-refractivity contribution < 1.29 is 4.74 Å². The first-order chi connectivity index (χ1) is 7.88. The predicted octanol–water partition coefficient (Wildman–Crippen LogP) is 1.98. The third-order valence-corrected chi connectivity index (χ3v) is 3.19. The van der Waals surface area contributed by atoms with E-state index in [-0.39, 0.29) is 0 Å². The summed E-state index contributed by atoms with van der Waals surface area (Å²) in [5, 5.41) is 0. The average molecular weight is 220 g/mol. The Hall–Kier alpha value is -0.900. The second-order valence-electron chi connectivity index (χ2n) is 4.45. The van der Waals surface area contributed by atoms with Gasteiger partial charge in [-0.15, -0.1) is 0 Å². The summed E-state index contributed by atoms with van der Waals surface area (Å²) < 4.78 is 5.91. The van der Waals surface area contributed by atoms with Crippen molar-refractivity contribution in [2.45, 2.75) is 44.4 Å². The van der Waals surface area contributed by atoms with Crippen LogP contribution in [0, 0.1) is 0 Å². The molecule has 3 heteroatoms. The topological polar surface area (TPSA) is 47.3 Å². The molecule has 1 aromatic carbocycles. The van der Waals surface area contributed by atoms with Crippen molar-refractivity contribution in [3.8, 4) is 0 Å². The fraction of sp³-hybridized carbons (Fsp3) is 0.538. The standard InChI is InChI=1S/C13H20N2O/c14-15-12-7-4-8-13(9-12)16-10-11-5-2-1-3-6-11/h1-3,5-6,12-13,15H,4,7-10,14H2. The monoisotopic (exact) mass is 220 g/mol. The minimum absolute atomic E-state index is 0.356. The summed E-state index contributed by atoms with van der Waals surface area (Å²) in [6, 6.07) is 10.7. The van der Waals surface area contributed by atoms with Gasteiger partial charge < -0.3 is 4.74 Å². The average Bonchev–Trinajstić information content (AvgIpc) is 2.38. The molecule has 1 aromatic rings. The molecule has 0 radical (unpaired) electrons. The van der Waals surface area contributed by atoms with E-state index in [4.69, 9.17) is 10.6 Å². The Morgan fingerprint density at radius 2 is 2.06 bits per heavy atom. The quantitative estimate of drug-likeness (QED) is 0.602. The molecule has 2 rings (SSSR count). The van der Waals surface area contributed by atoms with Crippen LogP contribution in [0.4, 0.5) is 0 Å². The van der Waals surface area contributed by atoms with Gasteiger partial charge in [0.2, 0.25) is 0 Å². The summed E-state index contributed by atoms with van der Waals surface area (Å²) in [5.74, 6) is 5.47. The Bertz CT molecular complexity index is 302. The zero-order valence-corrected chi connectivity index (χ0v) is 9.56. The molecule has 1 fully saturated rings. The minimum atomic E-state index is 0.356. The van der Waals surface area contributed by atoms with Gasteiger partial charge in [0.25, 0.3) is 0 Å². The van der Waals surface area contributed by atoms with Crippen LogP contribution in [0.25, 0.3) is 0 Å². The zero-order chi connectivity index (χ0) is 11.2. The number of benzene rings is 1. The highest BCUT2D eigenvalue weighted by Gasteiger charge is 2.21. The smallest absolute Gasteiger partial charge is 0.0720 e. The minimum Gasteiger partial charge on any atom is -0.373 e. The van der Waals surface area contributed by atoms with Crippen molar-refractivity contribution >= 4 is 0 Å². The molecule has 0 aromatic heterocycles. The number of hydrogen-bond donors (Lipinski definition) is 2. The SMILES string of the molecule is NNC1CCCC(OCc2ccccc2)C1. The largest absolute Gasteiger partial charge is 0.373 e. The van der Waals surface area contributed by atoms with Crippen molar-refractivity contribution in [1.82, 2.24) is 5.43 Å². The first kappa shape index (κ1) is 11.6. The second-order valence-corrected chi connectivity index (χ2v) is 4.45. The van der Waals surface area contributed by atoms with Crippen LogP contribution < -0.4 is 11.3 Å². The maximum atomic E-state index is 5.91. The molecule has 0 saturated heterocycles. The van der Waals surface area contributed by atoms with Crippen LogP contribution in [0.1, 0.15) is 31.2 Å². The summed E-state index contributed by atoms with van der Waals surface area (Å²) in [5.41, 5.74) is 4.09. The van der Waals surface area contributed by atoms with Gasteiger partial charge in [0.1, 0.15) is 0 Å². The van der Waals surface area contributed by atoms with Gasteiger partial charge in [0.05, 0.1) is 12.7 Å². The maximum Gasteiger partial charge on any atom is 0.0720 e. The van der Waals surface area contributed by atoms with Gasteiger partial charge in [-0.05, 0) is 31.2 Å². The Kier molecular flexibility index (Phi) is 4.34. The molecule has 0 bridgehead atoms. The van der Waals surface area contributed by atoms with E-state index < -0.39 is 0 Å². The molecule has 0 amide bonds. The van der Waals surface area contributed by atoms with Crippen LogP contribution >= 0.6 is 0 Å². The molecule has 3 nitrogen and oxygen atoms in total. The molecule has 1 aliphatic rings. The van der Waals surface area contributed by atoms with Gasteiger partial charge in [-0.25, -0.2) is 0 Å². The maximum absolute atomic E-state index is 5.91. The van der Waals surface area contributed by atoms with Gasteiger partial charge >= 0.3 is 0 Å². The molecule has 1 aliphatic carbocycles. The van der Waals surface area contributed by atoms with E-state index in [0.717, 1.165) is 12.8 Å². The van der Waals surface area contributed by atoms with Crippen LogP contribution in [-0.4, -0.2) is 12.1 Å². The Morgan fingerprint density at radius 3 is 2.81 bits per heavy atom. The fourth-order valence-corrected chi connectivity index (χ4v) is 2.24. The van der Waals surface area contributed by atoms with E-state index in [9.17, 15) is 0 Å². The van der Waals surface area contributed by atoms with Crippen LogP contribution in [0.3, 0.4) is 0 Å². The summed E-state index contributed by atoms with van der Waals surface area (Å²) in [6.45, 7) is 0.711. The Labute approximate surface area is 97.0 Å². The van der Waals surface area contributed by atoms with Crippen LogP contribution in [-0.2, 0) is 11.3 Å². The highest BCUT2D eigenvalue weighted by atomic mass is 16.5. The Morgan fingerprint density at radius 1 is 1.25 bits per heavy atom. The van der Waals surface area contributed by atoms with Gasteiger partial charge in [-0.1, -0.05) is 30.3 Å². The van der Waals surface area contributed by atoms with Crippen molar-refractivity contribution in [1.29, 1.82) is 0 Å². The fourth-order valence-electron chi connectivity index (χ4n) is 2.24. The van der Waals surface area contributed by atoms with E-state index in [1.54, 1.807) is 0 Å². The number of hydrogen-bond acceptors (Lipinski definition) is 3. The van der Waals surface area contributed by atoms with E-state index in [1.165, 1.54) is 18.4 Å². The number of rotatable bonds is 4. The summed E-state index contributed by atoms with van der Waals surface area (Å²) >= 11 is 0. The third-order valence-electron chi connectivity index (χ3n) is 3.19. The normalized spacial score (nSPS) is 25.6. The molecule has 0 aliphatic heterocycles. The zero-order valence-electron chi connectivity index (χ0n) is 9.56. The predicted molar refractivity (Wildman–Crippen MR) is 64.6 cm³/mol. The number of nitrogens with two attached hydrogens (primary N) is 1. The van der Waals surface area contributed by atoms with Crippen LogP contribution in [0.2, 0.25) is 0 Å². The molecule has 16 heavy (non-hydrogen) atoms. The molecule has 0 spiro atoms. The molecular weight excluding hydrogens is 200 g/mol. The first-order valence-corrected chi connectivity index (χ1v) is 6.00. The lowest BCUT2D eigenvalue weighted by Gasteiger charge is -2.28. The Balaban J connectivity index is 1.77. The summed E-state index contributed by atoms with van der Waals surface area (Å²) in [7, 11) is 0. The number of nitrogens with one attached hydrogen (secondary N) is 1. The molecule has 0 heterocycles. The molecular formula is C13H20N2O. The van der Waals surface area contributed by atoms with Crippen molar-refractivity contribution in [3.05, 3.63) is 35.9 Å². The van der Waals surface area contributed by atoms with E-state index in [2.05, 4.69) is 17.6 Å². The summed E-state index contributed by atoms with van der Waals surface area (Å²) in [4.78, 5) is 0. The van der Waals surface area contributed by atoms with E-state index in [1.807, 2.05) is 18.2 Å². The molecule has 88 valence electrons. The second kappa shape index (κ2) is 5.99. The highest BCUT2D eigenvalue weighted by molar-refractivity contribution is 5.13. The van der Waals surface area contributed by atoms with Crippen molar-refractivity contribution in [2.24, 2.45) is 5.84 Å². The van der Waals surface area contributed by atoms with Gasteiger partial charge in [0, 0.05) is 6.04 Å². The molecule has 2 atom stereocenters. The highest BCUT2D eigenvalue weighted by Crippen LogP contribution is 2.21. The molecule has 2 unspecified atom stereocenters. The number of ether oxygens (including phenoxy) is 1. The summed E-state index contributed by atoms with van der Waals surface area (Å²) in [6.07, 6.45) is 4.92. The van der Waals surface area contributed by atoms with Gasteiger partial charge in [0.15, 0.2) is 0 Å². The first-order valence-electron chi connectivity index (χ1n) is 6.00. The van der Waals surface area contributed by atoms with Gasteiger partial charge in [-0.3, -0.25) is 11.3 Å². The van der Waals surface area contributed by atoms with E-state index in [0.29, 0.717) is 18.8 Å². The van der Waals surface area contributed by atoms with Crippen LogP contribution in [0.5, 0.6) is 0 Å².